The van der Waals surface area contributed by atoms with E-state index in [2.05, 4.69) is 13.2 Å². The molecule has 0 spiro atoms. The number of hydrogen-bond acceptors (Lipinski definition) is 2. The molecule has 0 aromatic carbocycles. The van der Waals surface area contributed by atoms with E-state index in [1.54, 1.807) is 12.2 Å². The highest BCUT2D eigenvalue weighted by Gasteiger charge is 2.27. The fourth-order valence-electron chi connectivity index (χ4n) is 1.47. The normalized spacial score (nSPS) is 35.2. The van der Waals surface area contributed by atoms with Crippen molar-refractivity contribution >= 4 is 0 Å². The van der Waals surface area contributed by atoms with E-state index >= 15 is 0 Å². The third-order valence-electron chi connectivity index (χ3n) is 2.14. The molecular formula is C10H14O2. The lowest BCUT2D eigenvalue weighted by Gasteiger charge is -2.29. The molecule has 3 atom stereocenters. The number of aliphatic hydroxyl groups is 2. The summed E-state index contributed by atoms with van der Waals surface area (Å²) in [5.41, 5.74) is 1.45. The van der Waals surface area contributed by atoms with Crippen molar-refractivity contribution in [3.63, 3.8) is 0 Å². The molecule has 0 bridgehead atoms. The van der Waals surface area contributed by atoms with Crippen LogP contribution in [0.4, 0.5) is 0 Å². The third-order valence-corrected chi connectivity index (χ3v) is 2.14. The van der Waals surface area contributed by atoms with Crippen LogP contribution >= 0.6 is 0 Å². The minimum atomic E-state index is -0.643. The van der Waals surface area contributed by atoms with Crippen LogP contribution in [0.15, 0.2) is 36.5 Å². The number of hydrogen-bond donors (Lipinski definition) is 2. The van der Waals surface area contributed by atoms with Crippen LogP contribution in [0.1, 0.15) is 6.92 Å². The maximum absolute atomic E-state index is 9.51. The molecular weight excluding hydrogens is 152 g/mol. The second kappa shape index (κ2) is 3.25. The van der Waals surface area contributed by atoms with Gasteiger partial charge in [0, 0.05) is 5.92 Å². The van der Waals surface area contributed by atoms with Crippen LogP contribution in [-0.2, 0) is 0 Å². The van der Waals surface area contributed by atoms with E-state index in [-0.39, 0.29) is 5.92 Å². The SMILES string of the molecule is C=C(C)C1C(=C)C(O)C=CC1O. The van der Waals surface area contributed by atoms with Gasteiger partial charge < -0.3 is 10.2 Å². The Balaban J connectivity index is 2.92. The van der Waals surface area contributed by atoms with Crippen molar-refractivity contribution in [2.24, 2.45) is 5.92 Å². The average molecular weight is 166 g/mol. The average Bonchev–Trinajstić information content (AvgIpc) is 1.97. The summed E-state index contributed by atoms with van der Waals surface area (Å²) in [6.07, 6.45) is 1.90. The molecule has 0 saturated heterocycles. The van der Waals surface area contributed by atoms with Crippen LogP contribution in [0.5, 0.6) is 0 Å². The predicted octanol–water partition coefficient (Wildman–Crippen LogP) is 1.03. The zero-order valence-corrected chi connectivity index (χ0v) is 7.20. The van der Waals surface area contributed by atoms with Gasteiger partial charge >= 0.3 is 0 Å². The second-order valence-corrected chi connectivity index (χ2v) is 3.22. The fourth-order valence-corrected chi connectivity index (χ4v) is 1.47. The molecule has 0 amide bonds. The van der Waals surface area contributed by atoms with Crippen molar-refractivity contribution in [1.29, 1.82) is 0 Å². The Morgan fingerprint density at radius 3 is 2.42 bits per heavy atom. The molecule has 0 aromatic rings. The quantitative estimate of drug-likeness (QED) is 0.571. The summed E-state index contributed by atoms with van der Waals surface area (Å²) in [7, 11) is 0. The van der Waals surface area contributed by atoms with E-state index in [0.717, 1.165) is 5.57 Å². The van der Waals surface area contributed by atoms with Gasteiger partial charge in [0.2, 0.25) is 0 Å². The van der Waals surface area contributed by atoms with E-state index in [9.17, 15) is 10.2 Å². The van der Waals surface area contributed by atoms with Gasteiger partial charge in [0.25, 0.3) is 0 Å². The van der Waals surface area contributed by atoms with Gasteiger partial charge in [0.15, 0.2) is 0 Å². The molecule has 0 heterocycles. The van der Waals surface area contributed by atoms with Gasteiger partial charge in [-0.05, 0) is 12.5 Å². The lowest BCUT2D eigenvalue weighted by atomic mass is 9.81. The minimum Gasteiger partial charge on any atom is -0.388 e. The first-order valence-corrected chi connectivity index (χ1v) is 3.92. The molecule has 1 aliphatic carbocycles. The predicted molar refractivity (Wildman–Crippen MR) is 48.6 cm³/mol. The van der Waals surface area contributed by atoms with Gasteiger partial charge in [-0.1, -0.05) is 30.9 Å². The Morgan fingerprint density at radius 2 is 2.00 bits per heavy atom. The molecule has 1 rings (SSSR count). The molecule has 0 aromatic heterocycles. The zero-order valence-electron chi connectivity index (χ0n) is 7.20. The maximum atomic E-state index is 9.51. The van der Waals surface area contributed by atoms with Crippen LogP contribution < -0.4 is 0 Å². The van der Waals surface area contributed by atoms with Crippen molar-refractivity contribution in [3.8, 4) is 0 Å². The highest BCUT2D eigenvalue weighted by Crippen LogP contribution is 2.29. The summed E-state index contributed by atoms with van der Waals surface area (Å²) in [5, 5.41) is 18.9. The molecule has 0 aliphatic heterocycles. The zero-order chi connectivity index (χ0) is 9.30. The first-order valence-electron chi connectivity index (χ1n) is 3.92. The smallest absolute Gasteiger partial charge is 0.0937 e. The maximum Gasteiger partial charge on any atom is 0.0937 e. The van der Waals surface area contributed by atoms with Crippen molar-refractivity contribution in [1.82, 2.24) is 0 Å². The van der Waals surface area contributed by atoms with Gasteiger partial charge in [-0.2, -0.15) is 0 Å². The molecule has 2 nitrogen and oxygen atoms in total. The molecule has 2 heteroatoms. The van der Waals surface area contributed by atoms with Crippen molar-refractivity contribution < 1.29 is 10.2 Å². The minimum absolute atomic E-state index is 0.204. The first kappa shape index (κ1) is 9.23. The van der Waals surface area contributed by atoms with Gasteiger partial charge in [-0.3, -0.25) is 0 Å². The van der Waals surface area contributed by atoms with E-state index in [0.29, 0.717) is 5.57 Å². The standard InChI is InChI=1S/C10H14O2/c1-6(2)10-7(3)8(11)4-5-9(10)12/h4-5,8-12H,1,3H2,2H3. The van der Waals surface area contributed by atoms with Crippen LogP contribution in [0.2, 0.25) is 0 Å². The van der Waals surface area contributed by atoms with Gasteiger partial charge in [-0.15, -0.1) is 0 Å². The summed E-state index contributed by atoms with van der Waals surface area (Å²) in [5.74, 6) is -0.204. The molecule has 66 valence electrons. The van der Waals surface area contributed by atoms with Crippen molar-refractivity contribution in [3.05, 3.63) is 36.5 Å². The van der Waals surface area contributed by atoms with E-state index in [4.69, 9.17) is 0 Å². The Labute approximate surface area is 72.5 Å². The summed E-state index contributed by atoms with van der Waals surface area (Å²) in [6.45, 7) is 9.30. The van der Waals surface area contributed by atoms with Crippen LogP contribution in [0.25, 0.3) is 0 Å². The van der Waals surface area contributed by atoms with Crippen molar-refractivity contribution in [2.45, 2.75) is 19.1 Å². The second-order valence-electron chi connectivity index (χ2n) is 3.22. The Hall–Kier alpha value is -0.860. The summed E-state index contributed by atoms with van der Waals surface area (Å²) < 4.78 is 0. The Bertz CT molecular complexity index is 240. The largest absolute Gasteiger partial charge is 0.388 e. The molecule has 12 heavy (non-hydrogen) atoms. The molecule has 0 fully saturated rings. The Morgan fingerprint density at radius 1 is 1.42 bits per heavy atom. The number of aliphatic hydroxyl groups excluding tert-OH is 2. The summed E-state index contributed by atoms with van der Waals surface area (Å²) >= 11 is 0. The monoisotopic (exact) mass is 166 g/mol. The first-order chi connectivity index (χ1) is 5.54. The van der Waals surface area contributed by atoms with Crippen LogP contribution in [0.3, 0.4) is 0 Å². The van der Waals surface area contributed by atoms with Gasteiger partial charge in [-0.25, -0.2) is 0 Å². The summed E-state index contributed by atoms with van der Waals surface area (Å²) in [6, 6.07) is 0. The number of rotatable bonds is 1. The van der Waals surface area contributed by atoms with E-state index in [1.165, 1.54) is 0 Å². The Kier molecular flexibility index (Phi) is 2.50. The van der Waals surface area contributed by atoms with Crippen molar-refractivity contribution in [2.75, 3.05) is 0 Å². The fraction of sp³-hybridized carbons (Fsp3) is 0.400. The summed E-state index contributed by atoms with van der Waals surface area (Å²) in [4.78, 5) is 0. The van der Waals surface area contributed by atoms with E-state index in [1.807, 2.05) is 6.92 Å². The lowest BCUT2D eigenvalue weighted by molar-refractivity contribution is 0.152. The molecule has 3 unspecified atom stereocenters. The van der Waals surface area contributed by atoms with Crippen LogP contribution in [-0.4, -0.2) is 22.4 Å². The third kappa shape index (κ3) is 1.49. The highest BCUT2D eigenvalue weighted by atomic mass is 16.3. The molecule has 0 saturated carbocycles. The topological polar surface area (TPSA) is 40.5 Å². The molecule has 0 radical (unpaired) electrons. The highest BCUT2D eigenvalue weighted by molar-refractivity contribution is 5.30. The molecule has 2 N–H and O–H groups in total. The van der Waals surface area contributed by atoms with Gasteiger partial charge in [0.1, 0.15) is 0 Å². The van der Waals surface area contributed by atoms with Crippen LogP contribution in [0, 0.1) is 5.92 Å². The molecule has 1 aliphatic rings. The lowest BCUT2D eigenvalue weighted by Crippen LogP contribution is -2.30. The van der Waals surface area contributed by atoms with Gasteiger partial charge in [0.05, 0.1) is 12.2 Å². The van der Waals surface area contributed by atoms with E-state index < -0.39 is 12.2 Å².